The maximum atomic E-state index is 8.76. The largest absolute Gasteiger partial charge is 0.394 e. The summed E-state index contributed by atoms with van der Waals surface area (Å²) in [5.41, 5.74) is 0. The van der Waals surface area contributed by atoms with Crippen molar-refractivity contribution >= 4 is 15.9 Å². The van der Waals surface area contributed by atoms with Gasteiger partial charge in [-0.2, -0.15) is 0 Å². The van der Waals surface area contributed by atoms with Gasteiger partial charge in [0.25, 0.3) is 0 Å². The number of aliphatic hydroxyl groups is 1. The Kier molecular flexibility index (Phi) is 2.45. The van der Waals surface area contributed by atoms with Gasteiger partial charge in [0.15, 0.2) is 4.73 Å². The van der Waals surface area contributed by atoms with Crippen LogP contribution in [0.15, 0.2) is 17.1 Å². The molecular weight excluding hydrogens is 196 g/mol. The van der Waals surface area contributed by atoms with Crippen molar-refractivity contribution in [2.24, 2.45) is 0 Å². The first-order valence-electron chi connectivity index (χ1n) is 3.05. The molecule has 1 heterocycles. The van der Waals surface area contributed by atoms with Crippen LogP contribution in [0.2, 0.25) is 0 Å². The van der Waals surface area contributed by atoms with E-state index in [0.717, 1.165) is 4.73 Å². The van der Waals surface area contributed by atoms with Crippen LogP contribution in [0.1, 0.15) is 13.0 Å². The van der Waals surface area contributed by atoms with Gasteiger partial charge in [-0.1, -0.05) is 0 Å². The monoisotopic (exact) mass is 204 g/mol. The van der Waals surface area contributed by atoms with Crippen molar-refractivity contribution in [1.82, 2.24) is 9.55 Å². The molecule has 0 unspecified atom stereocenters. The third-order valence-electron chi connectivity index (χ3n) is 1.36. The Labute approximate surface area is 67.8 Å². The molecule has 0 fully saturated rings. The normalized spacial score (nSPS) is 13.5. The lowest BCUT2D eigenvalue weighted by Gasteiger charge is -2.09. The minimum absolute atomic E-state index is 0.0943. The zero-order chi connectivity index (χ0) is 7.56. The third kappa shape index (κ3) is 1.38. The van der Waals surface area contributed by atoms with E-state index < -0.39 is 0 Å². The van der Waals surface area contributed by atoms with Crippen LogP contribution in [0.25, 0.3) is 0 Å². The number of imidazole rings is 1. The second-order valence-electron chi connectivity index (χ2n) is 2.14. The number of halogens is 1. The van der Waals surface area contributed by atoms with E-state index in [1.807, 2.05) is 17.7 Å². The van der Waals surface area contributed by atoms with Crippen LogP contribution in [0, 0.1) is 0 Å². The van der Waals surface area contributed by atoms with Crippen molar-refractivity contribution in [3.63, 3.8) is 0 Å². The molecule has 0 saturated heterocycles. The Bertz CT molecular complexity index is 211. The van der Waals surface area contributed by atoms with E-state index in [0.29, 0.717) is 0 Å². The highest BCUT2D eigenvalue weighted by atomic mass is 79.9. The van der Waals surface area contributed by atoms with Gasteiger partial charge in [0.05, 0.1) is 12.6 Å². The summed E-state index contributed by atoms with van der Waals surface area (Å²) in [5, 5.41) is 8.76. The van der Waals surface area contributed by atoms with Crippen molar-refractivity contribution in [2.45, 2.75) is 13.0 Å². The second-order valence-corrected chi connectivity index (χ2v) is 2.84. The fourth-order valence-electron chi connectivity index (χ4n) is 0.712. The molecule has 0 radical (unpaired) electrons. The van der Waals surface area contributed by atoms with Crippen LogP contribution >= 0.6 is 15.9 Å². The van der Waals surface area contributed by atoms with Crippen LogP contribution in [0.5, 0.6) is 0 Å². The van der Waals surface area contributed by atoms with Gasteiger partial charge in [0.1, 0.15) is 0 Å². The SMILES string of the molecule is C[C@H](CO)n1ccnc1Br. The van der Waals surface area contributed by atoms with Gasteiger partial charge in [0.2, 0.25) is 0 Å². The Morgan fingerprint density at radius 2 is 2.60 bits per heavy atom. The van der Waals surface area contributed by atoms with E-state index in [4.69, 9.17) is 5.11 Å². The van der Waals surface area contributed by atoms with Crippen molar-refractivity contribution in [3.8, 4) is 0 Å². The predicted molar refractivity (Wildman–Crippen MR) is 41.7 cm³/mol. The highest BCUT2D eigenvalue weighted by Gasteiger charge is 2.04. The smallest absolute Gasteiger partial charge is 0.177 e. The highest BCUT2D eigenvalue weighted by Crippen LogP contribution is 2.12. The molecule has 1 rings (SSSR count). The molecule has 4 heteroatoms. The van der Waals surface area contributed by atoms with Crippen LogP contribution in [-0.2, 0) is 0 Å². The van der Waals surface area contributed by atoms with Gasteiger partial charge in [-0.25, -0.2) is 4.98 Å². The van der Waals surface area contributed by atoms with Crippen molar-refractivity contribution in [2.75, 3.05) is 6.61 Å². The molecule has 1 aromatic heterocycles. The molecule has 0 amide bonds. The van der Waals surface area contributed by atoms with Gasteiger partial charge < -0.3 is 9.67 Å². The number of rotatable bonds is 2. The molecular formula is C6H9BrN2O. The molecule has 0 aromatic carbocycles. The number of aromatic nitrogens is 2. The molecule has 56 valence electrons. The number of aliphatic hydroxyl groups excluding tert-OH is 1. The van der Waals surface area contributed by atoms with Crippen molar-refractivity contribution in [3.05, 3.63) is 17.1 Å². The van der Waals surface area contributed by atoms with Crippen LogP contribution in [0.4, 0.5) is 0 Å². The fraction of sp³-hybridized carbons (Fsp3) is 0.500. The summed E-state index contributed by atoms with van der Waals surface area (Å²) in [6.45, 7) is 2.06. The van der Waals surface area contributed by atoms with Crippen molar-refractivity contribution in [1.29, 1.82) is 0 Å². The van der Waals surface area contributed by atoms with E-state index in [-0.39, 0.29) is 12.6 Å². The zero-order valence-corrected chi connectivity index (χ0v) is 7.24. The maximum absolute atomic E-state index is 8.76. The molecule has 0 saturated carbocycles. The summed E-state index contributed by atoms with van der Waals surface area (Å²) in [6.07, 6.45) is 3.52. The topological polar surface area (TPSA) is 38.0 Å². The van der Waals surface area contributed by atoms with Gasteiger partial charge in [-0.3, -0.25) is 0 Å². The number of hydrogen-bond acceptors (Lipinski definition) is 2. The Hall–Kier alpha value is -0.350. The minimum Gasteiger partial charge on any atom is -0.394 e. The summed E-state index contributed by atoms with van der Waals surface area (Å²) in [6, 6.07) is 0.0943. The average Bonchev–Trinajstić information content (AvgIpc) is 2.34. The van der Waals surface area contributed by atoms with Gasteiger partial charge >= 0.3 is 0 Å². The quantitative estimate of drug-likeness (QED) is 0.787. The van der Waals surface area contributed by atoms with E-state index in [2.05, 4.69) is 20.9 Å². The summed E-state index contributed by atoms with van der Waals surface area (Å²) in [5.74, 6) is 0. The van der Waals surface area contributed by atoms with E-state index in [9.17, 15) is 0 Å². The lowest BCUT2D eigenvalue weighted by Crippen LogP contribution is -2.07. The van der Waals surface area contributed by atoms with Crippen LogP contribution in [-0.4, -0.2) is 21.3 Å². The third-order valence-corrected chi connectivity index (χ3v) is 1.97. The molecule has 0 aliphatic rings. The van der Waals surface area contributed by atoms with E-state index >= 15 is 0 Å². The minimum atomic E-state index is 0.0943. The second kappa shape index (κ2) is 3.16. The molecule has 0 aliphatic carbocycles. The standard InChI is InChI=1S/C6H9BrN2O/c1-5(4-10)9-3-2-8-6(9)7/h2-3,5,10H,4H2,1H3/t5-/m1/s1. The number of hydrogen-bond donors (Lipinski definition) is 1. The maximum Gasteiger partial charge on any atom is 0.177 e. The van der Waals surface area contributed by atoms with Crippen molar-refractivity contribution < 1.29 is 5.11 Å². The zero-order valence-electron chi connectivity index (χ0n) is 5.66. The molecule has 1 aromatic rings. The number of nitrogens with zero attached hydrogens (tertiary/aromatic N) is 2. The molecule has 0 spiro atoms. The summed E-state index contributed by atoms with van der Waals surface area (Å²) in [7, 11) is 0. The molecule has 1 atom stereocenters. The molecule has 3 nitrogen and oxygen atoms in total. The first kappa shape index (κ1) is 7.75. The Morgan fingerprint density at radius 3 is 3.00 bits per heavy atom. The Morgan fingerprint density at radius 1 is 1.90 bits per heavy atom. The summed E-state index contributed by atoms with van der Waals surface area (Å²) in [4.78, 5) is 3.95. The Balaban J connectivity index is 2.82. The highest BCUT2D eigenvalue weighted by molar-refractivity contribution is 9.10. The summed E-state index contributed by atoms with van der Waals surface area (Å²) >= 11 is 3.25. The molecule has 10 heavy (non-hydrogen) atoms. The lowest BCUT2D eigenvalue weighted by molar-refractivity contribution is 0.237. The van der Waals surface area contributed by atoms with Gasteiger partial charge in [-0.15, -0.1) is 0 Å². The fourth-order valence-corrected chi connectivity index (χ4v) is 1.30. The first-order valence-corrected chi connectivity index (χ1v) is 3.84. The molecule has 0 bridgehead atoms. The average molecular weight is 205 g/mol. The predicted octanol–water partition coefficient (Wildman–Crippen LogP) is 1.20. The van der Waals surface area contributed by atoms with Gasteiger partial charge in [0, 0.05) is 12.4 Å². The molecule has 0 aliphatic heterocycles. The van der Waals surface area contributed by atoms with E-state index in [1.54, 1.807) is 6.20 Å². The van der Waals surface area contributed by atoms with E-state index in [1.165, 1.54) is 0 Å². The molecule has 1 N–H and O–H groups in total. The summed E-state index contributed by atoms with van der Waals surface area (Å²) < 4.78 is 2.62. The van der Waals surface area contributed by atoms with Crippen LogP contribution in [0.3, 0.4) is 0 Å². The first-order chi connectivity index (χ1) is 4.75. The lowest BCUT2D eigenvalue weighted by atomic mass is 10.4. The van der Waals surface area contributed by atoms with Gasteiger partial charge in [-0.05, 0) is 22.9 Å². The van der Waals surface area contributed by atoms with Crippen LogP contribution < -0.4 is 0 Å².